The lowest BCUT2D eigenvalue weighted by molar-refractivity contribution is 0.182. The van der Waals surface area contributed by atoms with E-state index in [1.807, 2.05) is 0 Å². The van der Waals surface area contributed by atoms with Crippen LogP contribution < -0.4 is 5.32 Å². The molecule has 1 fully saturated rings. The van der Waals surface area contributed by atoms with Crippen LogP contribution in [0, 0.1) is 5.41 Å². The van der Waals surface area contributed by atoms with Crippen LogP contribution in [-0.2, 0) is 9.84 Å². The average Bonchev–Trinajstić information content (AvgIpc) is 2.19. The van der Waals surface area contributed by atoms with Gasteiger partial charge in [0.05, 0.1) is 11.5 Å². The highest BCUT2D eigenvalue weighted by Gasteiger charge is 2.27. The van der Waals surface area contributed by atoms with Crippen LogP contribution in [-0.4, -0.2) is 57.0 Å². The Labute approximate surface area is 106 Å². The van der Waals surface area contributed by atoms with Gasteiger partial charge in [0, 0.05) is 32.2 Å². The molecule has 0 amide bonds. The Morgan fingerprint density at radius 3 is 2.24 bits per heavy atom. The van der Waals surface area contributed by atoms with Crippen LogP contribution in [0.4, 0.5) is 0 Å². The van der Waals surface area contributed by atoms with Gasteiger partial charge in [-0.3, -0.25) is 0 Å². The van der Waals surface area contributed by atoms with E-state index in [1.54, 1.807) is 0 Å². The topological polar surface area (TPSA) is 49.4 Å². The predicted octanol–water partition coefficient (Wildman–Crippen LogP) is 0.741. The van der Waals surface area contributed by atoms with Crippen molar-refractivity contribution in [2.75, 3.05) is 37.7 Å². The third-order valence-electron chi connectivity index (χ3n) is 3.08. The summed E-state index contributed by atoms with van der Waals surface area (Å²) in [7, 11) is -2.75. The Hall–Kier alpha value is -0.130. The molecule has 17 heavy (non-hydrogen) atoms. The van der Waals surface area contributed by atoms with E-state index in [0.717, 1.165) is 13.1 Å². The van der Waals surface area contributed by atoms with Crippen LogP contribution in [0.15, 0.2) is 0 Å². The van der Waals surface area contributed by atoms with Gasteiger partial charge in [-0.05, 0) is 5.41 Å². The maximum absolute atomic E-state index is 11.3. The van der Waals surface area contributed by atoms with Crippen molar-refractivity contribution in [2.24, 2.45) is 5.41 Å². The number of hydrogen-bond acceptors (Lipinski definition) is 4. The van der Waals surface area contributed by atoms with Gasteiger partial charge in [0.2, 0.25) is 0 Å². The van der Waals surface area contributed by atoms with Gasteiger partial charge in [0.25, 0.3) is 0 Å². The van der Waals surface area contributed by atoms with Gasteiger partial charge >= 0.3 is 0 Å². The number of hydrogen-bond donors (Lipinski definition) is 1. The Morgan fingerprint density at radius 2 is 1.76 bits per heavy atom. The van der Waals surface area contributed by atoms with Gasteiger partial charge in [-0.25, -0.2) is 8.42 Å². The summed E-state index contributed by atoms with van der Waals surface area (Å²) in [4.78, 5) is 2.27. The van der Waals surface area contributed by atoms with Gasteiger partial charge in [0.15, 0.2) is 9.84 Å². The van der Waals surface area contributed by atoms with Crippen molar-refractivity contribution < 1.29 is 8.42 Å². The second kappa shape index (κ2) is 5.67. The predicted molar refractivity (Wildman–Crippen MR) is 72.0 cm³/mol. The van der Waals surface area contributed by atoms with Crippen LogP contribution in [0.25, 0.3) is 0 Å². The molecule has 1 saturated heterocycles. The first-order valence-electron chi connectivity index (χ1n) is 6.36. The molecule has 0 aromatic rings. The molecule has 1 aliphatic rings. The largest absolute Gasteiger partial charge is 0.314 e. The highest BCUT2D eigenvalue weighted by Crippen LogP contribution is 2.17. The second-order valence-electron chi connectivity index (χ2n) is 6.13. The zero-order chi connectivity index (χ0) is 13.1. The zero-order valence-electron chi connectivity index (χ0n) is 11.5. The van der Waals surface area contributed by atoms with Gasteiger partial charge in [-0.2, -0.15) is 0 Å². The summed E-state index contributed by atoms with van der Waals surface area (Å²) in [5, 5.41) is 3.45. The van der Waals surface area contributed by atoms with Crippen LogP contribution in [0.2, 0.25) is 0 Å². The minimum Gasteiger partial charge on any atom is -0.314 e. The smallest absolute Gasteiger partial charge is 0.152 e. The van der Waals surface area contributed by atoms with Crippen LogP contribution in [0.5, 0.6) is 0 Å². The Kier molecular flexibility index (Phi) is 4.98. The lowest BCUT2D eigenvalue weighted by Crippen LogP contribution is -2.47. The highest BCUT2D eigenvalue weighted by atomic mass is 32.2. The van der Waals surface area contributed by atoms with E-state index in [9.17, 15) is 8.42 Å². The van der Waals surface area contributed by atoms with E-state index >= 15 is 0 Å². The third-order valence-corrected chi connectivity index (χ3v) is 4.69. The summed E-state index contributed by atoms with van der Waals surface area (Å²) in [5.41, 5.74) is 0.186. The molecule has 0 atom stereocenters. The van der Waals surface area contributed by atoms with Crippen molar-refractivity contribution in [3.63, 3.8) is 0 Å². The lowest BCUT2D eigenvalue weighted by atomic mass is 9.92. The van der Waals surface area contributed by atoms with Crippen LogP contribution >= 0.6 is 0 Å². The number of nitrogens with zero attached hydrogens (tertiary/aromatic N) is 1. The highest BCUT2D eigenvalue weighted by molar-refractivity contribution is 7.91. The van der Waals surface area contributed by atoms with E-state index in [0.29, 0.717) is 30.6 Å². The Bertz CT molecular complexity index is 322. The molecule has 1 aliphatic heterocycles. The third kappa shape index (κ3) is 5.84. The zero-order valence-corrected chi connectivity index (χ0v) is 12.3. The number of sulfone groups is 1. The number of nitrogens with one attached hydrogen (secondary N) is 1. The molecule has 1 heterocycles. The molecule has 102 valence electrons. The SMILES string of the molecule is CC(C)NCC(C)(C)CN1CCS(=O)(=O)CC1. The molecule has 0 radical (unpaired) electrons. The van der Waals surface area contributed by atoms with E-state index in [2.05, 4.69) is 37.9 Å². The van der Waals surface area contributed by atoms with Crippen molar-refractivity contribution in [3.05, 3.63) is 0 Å². The summed E-state index contributed by atoms with van der Waals surface area (Å²) in [6.07, 6.45) is 0. The standard InChI is InChI=1S/C12H26N2O2S/c1-11(2)13-9-12(3,4)10-14-5-7-17(15,16)8-6-14/h11,13H,5-10H2,1-4H3. The number of rotatable bonds is 5. The Morgan fingerprint density at radius 1 is 1.24 bits per heavy atom. The summed E-state index contributed by atoms with van der Waals surface area (Å²) in [6, 6.07) is 0.496. The molecule has 0 aromatic heterocycles. The monoisotopic (exact) mass is 262 g/mol. The molecular weight excluding hydrogens is 236 g/mol. The van der Waals surface area contributed by atoms with E-state index in [-0.39, 0.29) is 5.41 Å². The fourth-order valence-corrected chi connectivity index (χ4v) is 3.33. The first-order chi connectivity index (χ1) is 7.70. The summed E-state index contributed by atoms with van der Waals surface area (Å²) < 4.78 is 22.7. The maximum atomic E-state index is 11.3. The van der Waals surface area contributed by atoms with E-state index in [1.165, 1.54) is 0 Å². The molecule has 5 heteroatoms. The van der Waals surface area contributed by atoms with Crippen LogP contribution in [0.3, 0.4) is 0 Å². The fraction of sp³-hybridized carbons (Fsp3) is 1.00. The summed E-state index contributed by atoms with van der Waals surface area (Å²) >= 11 is 0. The van der Waals surface area contributed by atoms with Gasteiger partial charge in [-0.1, -0.05) is 27.7 Å². The molecule has 0 unspecified atom stereocenters. The molecule has 0 saturated carbocycles. The molecule has 1 N–H and O–H groups in total. The first-order valence-corrected chi connectivity index (χ1v) is 8.18. The lowest BCUT2D eigenvalue weighted by Gasteiger charge is -2.35. The quantitative estimate of drug-likeness (QED) is 0.794. The van der Waals surface area contributed by atoms with Crippen molar-refractivity contribution >= 4 is 9.84 Å². The fourth-order valence-electron chi connectivity index (χ4n) is 2.05. The molecule has 4 nitrogen and oxygen atoms in total. The second-order valence-corrected chi connectivity index (χ2v) is 8.43. The van der Waals surface area contributed by atoms with Gasteiger partial charge in [0.1, 0.15) is 0 Å². The minimum absolute atomic E-state index is 0.186. The summed E-state index contributed by atoms with van der Waals surface area (Å²) in [6.45, 7) is 12.0. The van der Waals surface area contributed by atoms with Crippen molar-refractivity contribution in [2.45, 2.75) is 33.7 Å². The normalized spacial score (nSPS) is 21.9. The molecule has 0 aliphatic carbocycles. The minimum atomic E-state index is -2.75. The first kappa shape index (κ1) is 14.9. The van der Waals surface area contributed by atoms with Crippen molar-refractivity contribution in [1.29, 1.82) is 0 Å². The van der Waals surface area contributed by atoms with Gasteiger partial charge < -0.3 is 10.2 Å². The molecule has 0 bridgehead atoms. The van der Waals surface area contributed by atoms with E-state index in [4.69, 9.17) is 0 Å². The van der Waals surface area contributed by atoms with Gasteiger partial charge in [-0.15, -0.1) is 0 Å². The molecule has 1 rings (SSSR count). The molecule has 0 aromatic carbocycles. The van der Waals surface area contributed by atoms with Crippen LogP contribution in [0.1, 0.15) is 27.7 Å². The summed E-state index contributed by atoms with van der Waals surface area (Å²) in [5.74, 6) is 0.640. The maximum Gasteiger partial charge on any atom is 0.152 e. The van der Waals surface area contributed by atoms with E-state index < -0.39 is 9.84 Å². The molecular formula is C12H26N2O2S. The average molecular weight is 262 g/mol. The molecule has 0 spiro atoms. The van der Waals surface area contributed by atoms with Crippen molar-refractivity contribution in [3.8, 4) is 0 Å². The van der Waals surface area contributed by atoms with Crippen molar-refractivity contribution in [1.82, 2.24) is 10.2 Å². The Balaban J connectivity index is 2.38.